The number of amidine groups is 1. The molecule has 1 aliphatic rings. The van der Waals surface area contributed by atoms with Gasteiger partial charge in [0.2, 0.25) is 0 Å². The summed E-state index contributed by atoms with van der Waals surface area (Å²) >= 11 is 0. The Morgan fingerprint density at radius 2 is 1.70 bits per heavy atom. The van der Waals surface area contributed by atoms with E-state index in [0.717, 1.165) is 0 Å². The molecule has 0 atom stereocenters. The molecule has 0 unspecified atom stereocenters. The Labute approximate surface area is 245 Å². The third-order valence-corrected chi connectivity index (χ3v) is 6.42. The van der Waals surface area contributed by atoms with Crippen LogP contribution in [0.15, 0.2) is 24.3 Å². The van der Waals surface area contributed by atoms with Crippen molar-refractivity contribution in [3.8, 4) is 17.2 Å². The van der Waals surface area contributed by atoms with E-state index in [2.05, 4.69) is 10.1 Å². The van der Waals surface area contributed by atoms with Crippen molar-refractivity contribution < 1.29 is 51.3 Å². The molecule has 0 spiro atoms. The monoisotopic (exact) mass is 607 g/mol. The van der Waals surface area contributed by atoms with Crippen molar-refractivity contribution >= 4 is 29.5 Å². The zero-order chi connectivity index (χ0) is 32.3. The van der Waals surface area contributed by atoms with Crippen LogP contribution in [0.25, 0.3) is 0 Å². The number of fused-ring (bicyclic) bond motifs is 1. The van der Waals surface area contributed by atoms with Crippen LogP contribution in [0.4, 0.5) is 13.2 Å². The second kappa shape index (κ2) is 12.7. The number of alkyl halides is 3. The number of carbonyl (C=O) groups excluding carboxylic acids is 4. The van der Waals surface area contributed by atoms with Crippen LogP contribution in [0, 0.1) is 5.41 Å². The van der Waals surface area contributed by atoms with Gasteiger partial charge in [-0.3, -0.25) is 15.0 Å². The zero-order valence-electron chi connectivity index (χ0n) is 24.5. The average molecular weight is 608 g/mol. The number of Topliss-reactive ketones (excluding diaryl/α,β-unsaturated/α-hetero) is 1. The van der Waals surface area contributed by atoms with Crippen molar-refractivity contribution in [2.45, 2.75) is 45.8 Å². The first-order valence-corrected chi connectivity index (χ1v) is 13.1. The van der Waals surface area contributed by atoms with Crippen LogP contribution in [-0.4, -0.2) is 74.5 Å². The van der Waals surface area contributed by atoms with Gasteiger partial charge in [0, 0.05) is 30.3 Å². The van der Waals surface area contributed by atoms with Crippen molar-refractivity contribution in [1.29, 1.82) is 5.41 Å². The minimum atomic E-state index is -5.36. The number of esters is 2. The van der Waals surface area contributed by atoms with E-state index in [1.165, 1.54) is 25.1 Å². The van der Waals surface area contributed by atoms with E-state index in [9.17, 15) is 32.3 Å². The molecule has 1 aliphatic heterocycles. The smallest absolute Gasteiger partial charge is 0.491 e. The lowest BCUT2D eigenvalue weighted by Gasteiger charge is -2.25. The van der Waals surface area contributed by atoms with E-state index in [4.69, 9.17) is 19.6 Å². The summed E-state index contributed by atoms with van der Waals surface area (Å²) in [6, 6.07) is 6.05. The van der Waals surface area contributed by atoms with Crippen LogP contribution in [-0.2, 0) is 26.3 Å². The largest absolute Gasteiger partial charge is 0.493 e. The lowest BCUT2D eigenvalue weighted by atomic mass is 9.84. The summed E-state index contributed by atoms with van der Waals surface area (Å²) in [4.78, 5) is 50.3. The van der Waals surface area contributed by atoms with E-state index in [1.54, 1.807) is 25.1 Å². The second-order valence-electron chi connectivity index (χ2n) is 10.5. The maximum absolute atomic E-state index is 13.5. The first-order chi connectivity index (χ1) is 20.0. The molecule has 0 saturated carbocycles. The molecule has 2 aromatic carbocycles. The van der Waals surface area contributed by atoms with Crippen molar-refractivity contribution in [3.63, 3.8) is 0 Å². The molecular formula is C29H32F3N3O8. The number of ether oxygens (including phenoxy) is 4. The Hall–Kier alpha value is -4.62. The standard InChI is InChI=1S/C29H32F3N3O8/c1-7-41-21-10-16-12-35(25(33)17(16)11-18(21)26(38)34-5)13-20(36)15-8-19(28(2,3)4)24(40-6)22(9-15)42-14-23(37)43-27(39)29(30,31)32/h8-11,33H,7,12-14H2,1-6H3,(H,34,38). The van der Waals surface area contributed by atoms with Gasteiger partial charge in [-0.1, -0.05) is 20.8 Å². The number of rotatable bonds is 10. The predicted octanol–water partition coefficient (Wildman–Crippen LogP) is 3.79. The molecule has 0 fully saturated rings. The molecule has 43 heavy (non-hydrogen) atoms. The summed E-state index contributed by atoms with van der Waals surface area (Å²) < 4.78 is 57.6. The summed E-state index contributed by atoms with van der Waals surface area (Å²) in [5.41, 5.74) is 1.40. The quantitative estimate of drug-likeness (QED) is 0.234. The number of benzene rings is 2. The van der Waals surface area contributed by atoms with Crippen LogP contribution < -0.4 is 19.5 Å². The molecule has 0 bridgehead atoms. The number of carbonyl (C=O) groups is 4. The minimum Gasteiger partial charge on any atom is -0.493 e. The normalized spacial score (nSPS) is 12.9. The number of nitrogens with one attached hydrogen (secondary N) is 2. The Bertz CT molecular complexity index is 1460. The molecule has 0 aromatic heterocycles. The Morgan fingerprint density at radius 1 is 1.02 bits per heavy atom. The number of hydrogen-bond acceptors (Lipinski definition) is 9. The van der Waals surface area contributed by atoms with Gasteiger partial charge in [0.25, 0.3) is 5.91 Å². The van der Waals surface area contributed by atoms with Crippen molar-refractivity contribution in [3.05, 3.63) is 52.1 Å². The second-order valence-corrected chi connectivity index (χ2v) is 10.5. The van der Waals surface area contributed by atoms with Gasteiger partial charge >= 0.3 is 18.1 Å². The SMILES string of the molecule is CCOc1cc2c(cc1C(=O)NC)C(=N)N(CC(=O)c1cc(OCC(=O)OC(=O)C(F)(F)F)c(OC)c(C(C)(C)C)c1)C2. The Morgan fingerprint density at radius 3 is 2.26 bits per heavy atom. The summed E-state index contributed by atoms with van der Waals surface area (Å²) in [5.74, 6) is -4.74. The van der Waals surface area contributed by atoms with Gasteiger partial charge in [-0.2, -0.15) is 13.2 Å². The first-order valence-electron chi connectivity index (χ1n) is 13.1. The summed E-state index contributed by atoms with van der Waals surface area (Å²) in [5, 5.41) is 11.2. The summed E-state index contributed by atoms with van der Waals surface area (Å²) in [6.07, 6.45) is -5.36. The fraction of sp³-hybridized carbons (Fsp3) is 0.414. The maximum Gasteiger partial charge on any atom is 0.491 e. The fourth-order valence-corrected chi connectivity index (χ4v) is 4.38. The molecule has 2 aromatic rings. The molecule has 3 rings (SSSR count). The number of hydrogen-bond donors (Lipinski definition) is 2. The topological polar surface area (TPSA) is 144 Å². The van der Waals surface area contributed by atoms with E-state index >= 15 is 0 Å². The van der Waals surface area contributed by atoms with Gasteiger partial charge in [0.1, 0.15) is 11.6 Å². The molecule has 232 valence electrons. The van der Waals surface area contributed by atoms with E-state index in [-0.39, 0.29) is 47.5 Å². The van der Waals surface area contributed by atoms with Gasteiger partial charge in [0.15, 0.2) is 23.9 Å². The number of halogens is 3. The van der Waals surface area contributed by atoms with Crippen molar-refractivity contribution in [2.75, 3.05) is 33.9 Å². The predicted molar refractivity (Wildman–Crippen MR) is 147 cm³/mol. The molecule has 1 heterocycles. The highest BCUT2D eigenvalue weighted by molar-refractivity contribution is 6.07. The number of amides is 1. The zero-order valence-corrected chi connectivity index (χ0v) is 24.5. The van der Waals surface area contributed by atoms with Crippen molar-refractivity contribution in [1.82, 2.24) is 10.2 Å². The van der Waals surface area contributed by atoms with Crippen LogP contribution in [0.2, 0.25) is 0 Å². The summed E-state index contributed by atoms with van der Waals surface area (Å²) in [7, 11) is 2.79. The Kier molecular flexibility index (Phi) is 9.72. The molecular weight excluding hydrogens is 575 g/mol. The lowest BCUT2D eigenvalue weighted by molar-refractivity contribution is -0.202. The van der Waals surface area contributed by atoms with Gasteiger partial charge < -0.3 is 29.2 Å². The van der Waals surface area contributed by atoms with Gasteiger partial charge in [-0.05, 0) is 42.2 Å². The first kappa shape index (κ1) is 32.9. The van der Waals surface area contributed by atoms with Crippen LogP contribution in [0.1, 0.15) is 65.1 Å². The van der Waals surface area contributed by atoms with Crippen LogP contribution in [0.3, 0.4) is 0 Å². The molecule has 14 heteroatoms. The molecule has 11 nitrogen and oxygen atoms in total. The van der Waals surface area contributed by atoms with Crippen LogP contribution in [0.5, 0.6) is 17.2 Å². The molecule has 0 radical (unpaired) electrons. The van der Waals surface area contributed by atoms with Crippen molar-refractivity contribution in [2.24, 2.45) is 0 Å². The highest BCUT2D eigenvalue weighted by atomic mass is 19.4. The highest BCUT2D eigenvalue weighted by Gasteiger charge is 2.42. The average Bonchev–Trinajstić information content (AvgIpc) is 3.23. The molecule has 0 aliphatic carbocycles. The fourth-order valence-electron chi connectivity index (χ4n) is 4.38. The molecule has 1 amide bonds. The van der Waals surface area contributed by atoms with Gasteiger partial charge in [0.05, 0.1) is 25.8 Å². The van der Waals surface area contributed by atoms with E-state index in [1.807, 2.05) is 20.8 Å². The number of ketones is 1. The van der Waals surface area contributed by atoms with E-state index in [0.29, 0.717) is 29.0 Å². The summed E-state index contributed by atoms with van der Waals surface area (Å²) in [6.45, 7) is 6.45. The highest BCUT2D eigenvalue weighted by Crippen LogP contribution is 2.40. The third-order valence-electron chi connectivity index (χ3n) is 6.42. The van der Waals surface area contributed by atoms with Gasteiger partial charge in [-0.25, -0.2) is 9.59 Å². The van der Waals surface area contributed by atoms with Crippen LogP contribution >= 0.6 is 0 Å². The van der Waals surface area contributed by atoms with E-state index < -0.39 is 35.9 Å². The number of nitrogens with zero attached hydrogens (tertiary/aromatic N) is 1. The Balaban J connectivity index is 1.90. The maximum atomic E-state index is 13.5. The molecule has 0 saturated heterocycles. The third kappa shape index (κ3) is 7.43. The van der Waals surface area contributed by atoms with Gasteiger partial charge in [-0.15, -0.1) is 0 Å². The molecule has 2 N–H and O–H groups in total. The number of methoxy groups -OCH3 is 1. The lowest BCUT2D eigenvalue weighted by Crippen LogP contribution is -2.31. The minimum absolute atomic E-state index is 0.0228.